The van der Waals surface area contributed by atoms with Crippen LogP contribution >= 0.6 is 11.6 Å². The molecule has 0 unspecified atom stereocenters. The lowest BCUT2D eigenvalue weighted by Crippen LogP contribution is -2.01. The van der Waals surface area contributed by atoms with Crippen LogP contribution in [0.4, 0.5) is 5.82 Å². The topological polar surface area (TPSA) is 69.6 Å². The number of nitrogen functional groups attached to an aromatic ring is 1. The first kappa shape index (κ1) is 11.0. The van der Waals surface area contributed by atoms with Crippen molar-refractivity contribution in [1.29, 1.82) is 0 Å². The van der Waals surface area contributed by atoms with E-state index in [-0.39, 0.29) is 0 Å². The van der Waals surface area contributed by atoms with Gasteiger partial charge in [-0.25, -0.2) is 15.0 Å². The van der Waals surface area contributed by atoms with Crippen LogP contribution in [0.2, 0.25) is 5.02 Å². The van der Waals surface area contributed by atoms with Crippen LogP contribution in [0.5, 0.6) is 0 Å². The van der Waals surface area contributed by atoms with E-state index < -0.39 is 0 Å². The van der Waals surface area contributed by atoms with Gasteiger partial charge >= 0.3 is 0 Å². The van der Waals surface area contributed by atoms with Gasteiger partial charge in [-0.05, 0) is 17.7 Å². The van der Waals surface area contributed by atoms with E-state index >= 15 is 0 Å². The molecule has 0 bridgehead atoms. The number of aromatic nitrogens is 4. The molecule has 2 heterocycles. The molecule has 0 aliphatic carbocycles. The van der Waals surface area contributed by atoms with E-state index in [9.17, 15) is 0 Å². The minimum atomic E-state index is 0.437. The molecule has 2 aromatic heterocycles. The van der Waals surface area contributed by atoms with E-state index in [1.54, 1.807) is 6.33 Å². The van der Waals surface area contributed by atoms with Crippen molar-refractivity contribution in [3.8, 4) is 0 Å². The predicted molar refractivity (Wildman–Crippen MR) is 70.3 cm³/mol. The average Bonchev–Trinajstić information content (AvgIpc) is 2.77. The third-order valence-electron chi connectivity index (χ3n) is 2.70. The van der Waals surface area contributed by atoms with Gasteiger partial charge in [-0.1, -0.05) is 23.7 Å². The first-order chi connectivity index (χ1) is 8.74. The smallest absolute Gasteiger partial charge is 0.182 e. The predicted octanol–water partition coefficient (Wildman–Crippen LogP) is 2.11. The number of halogens is 1. The molecule has 6 heteroatoms. The molecule has 0 saturated heterocycles. The van der Waals surface area contributed by atoms with Crippen LogP contribution in [0.1, 0.15) is 5.56 Å². The third kappa shape index (κ3) is 1.89. The zero-order valence-electron chi connectivity index (χ0n) is 9.42. The molecule has 2 N–H and O–H groups in total. The van der Waals surface area contributed by atoms with Gasteiger partial charge in [0.25, 0.3) is 0 Å². The first-order valence-corrected chi connectivity index (χ1v) is 5.77. The Morgan fingerprint density at radius 3 is 2.67 bits per heavy atom. The largest absolute Gasteiger partial charge is 0.382 e. The molecule has 3 aromatic rings. The number of fused-ring (bicyclic) bond motifs is 1. The lowest BCUT2D eigenvalue weighted by molar-refractivity contribution is 0.824. The minimum absolute atomic E-state index is 0.437. The van der Waals surface area contributed by atoms with Gasteiger partial charge in [0, 0.05) is 11.6 Å². The number of benzene rings is 1. The Labute approximate surface area is 108 Å². The van der Waals surface area contributed by atoms with Crippen molar-refractivity contribution in [2.45, 2.75) is 6.54 Å². The minimum Gasteiger partial charge on any atom is -0.382 e. The SMILES string of the molecule is Nc1ncnc2ncn(Cc3ccc(Cl)cc3)c12. The van der Waals surface area contributed by atoms with Crippen LogP contribution in [0.3, 0.4) is 0 Å². The summed E-state index contributed by atoms with van der Waals surface area (Å²) < 4.78 is 1.92. The molecule has 0 atom stereocenters. The number of hydrogen-bond donors (Lipinski definition) is 1. The quantitative estimate of drug-likeness (QED) is 0.765. The Bertz CT molecular complexity index is 689. The standard InChI is InChI=1S/C12H10ClN5/c13-9-3-1-8(2-4-9)5-18-7-17-12-10(18)11(14)15-6-16-12/h1-4,6-7H,5H2,(H2,14,15,16). The van der Waals surface area contributed by atoms with Gasteiger partial charge in [-0.15, -0.1) is 0 Å². The monoisotopic (exact) mass is 259 g/mol. The summed E-state index contributed by atoms with van der Waals surface area (Å²) in [5, 5.41) is 0.720. The molecular formula is C12H10ClN5. The molecule has 0 radical (unpaired) electrons. The summed E-state index contributed by atoms with van der Waals surface area (Å²) in [6, 6.07) is 7.65. The highest BCUT2D eigenvalue weighted by Crippen LogP contribution is 2.17. The summed E-state index contributed by atoms with van der Waals surface area (Å²) in [4.78, 5) is 12.3. The molecule has 18 heavy (non-hydrogen) atoms. The molecule has 5 nitrogen and oxygen atoms in total. The summed E-state index contributed by atoms with van der Waals surface area (Å²) in [5.74, 6) is 0.437. The summed E-state index contributed by atoms with van der Waals surface area (Å²) in [5.41, 5.74) is 8.32. The van der Waals surface area contributed by atoms with Crippen LogP contribution in [0.25, 0.3) is 11.2 Å². The highest BCUT2D eigenvalue weighted by molar-refractivity contribution is 6.30. The number of rotatable bonds is 2. The second kappa shape index (κ2) is 4.27. The number of nitrogens with two attached hydrogens (primary N) is 1. The van der Waals surface area contributed by atoms with E-state index in [2.05, 4.69) is 15.0 Å². The number of hydrogen-bond acceptors (Lipinski definition) is 4. The molecule has 3 rings (SSSR count). The van der Waals surface area contributed by atoms with Gasteiger partial charge in [0.05, 0.1) is 6.33 Å². The van der Waals surface area contributed by atoms with Crippen molar-refractivity contribution >= 4 is 28.6 Å². The summed E-state index contributed by atoms with van der Waals surface area (Å²) in [7, 11) is 0. The van der Waals surface area contributed by atoms with Crippen molar-refractivity contribution in [3.63, 3.8) is 0 Å². The Balaban J connectivity index is 2.02. The zero-order chi connectivity index (χ0) is 12.5. The summed E-state index contributed by atoms with van der Waals surface area (Å²) in [6.45, 7) is 0.658. The van der Waals surface area contributed by atoms with Crippen molar-refractivity contribution in [2.24, 2.45) is 0 Å². The van der Waals surface area contributed by atoms with Gasteiger partial charge in [-0.2, -0.15) is 0 Å². The lowest BCUT2D eigenvalue weighted by Gasteiger charge is -2.05. The maximum absolute atomic E-state index is 5.85. The Morgan fingerprint density at radius 2 is 1.89 bits per heavy atom. The lowest BCUT2D eigenvalue weighted by atomic mass is 10.2. The molecule has 1 aromatic carbocycles. The highest BCUT2D eigenvalue weighted by Gasteiger charge is 2.08. The number of nitrogens with zero attached hydrogens (tertiary/aromatic N) is 4. The average molecular weight is 260 g/mol. The van der Waals surface area contributed by atoms with E-state index in [0.717, 1.165) is 16.1 Å². The summed E-state index contributed by atoms with van der Waals surface area (Å²) >= 11 is 5.85. The van der Waals surface area contributed by atoms with E-state index in [4.69, 9.17) is 17.3 Å². The van der Waals surface area contributed by atoms with Crippen LogP contribution in [0, 0.1) is 0 Å². The molecule has 0 aliphatic heterocycles. The molecule has 0 fully saturated rings. The van der Waals surface area contributed by atoms with Crippen LogP contribution in [-0.2, 0) is 6.54 Å². The third-order valence-corrected chi connectivity index (χ3v) is 2.96. The zero-order valence-corrected chi connectivity index (χ0v) is 10.2. The Kier molecular flexibility index (Phi) is 2.60. The second-order valence-corrected chi connectivity index (χ2v) is 4.37. The maximum atomic E-state index is 5.85. The van der Waals surface area contributed by atoms with Crippen LogP contribution in [0.15, 0.2) is 36.9 Å². The van der Waals surface area contributed by atoms with E-state index in [0.29, 0.717) is 18.0 Å². The maximum Gasteiger partial charge on any atom is 0.182 e. The molecule has 0 saturated carbocycles. The van der Waals surface area contributed by atoms with Gasteiger partial charge in [0.1, 0.15) is 11.8 Å². The van der Waals surface area contributed by atoms with Gasteiger partial charge in [0.2, 0.25) is 0 Å². The fourth-order valence-electron chi connectivity index (χ4n) is 1.84. The van der Waals surface area contributed by atoms with Crippen molar-refractivity contribution < 1.29 is 0 Å². The van der Waals surface area contributed by atoms with E-state index in [1.165, 1.54) is 6.33 Å². The van der Waals surface area contributed by atoms with Crippen molar-refractivity contribution in [3.05, 3.63) is 47.5 Å². The fourth-order valence-corrected chi connectivity index (χ4v) is 1.97. The second-order valence-electron chi connectivity index (χ2n) is 3.93. The number of anilines is 1. The number of imidazole rings is 1. The van der Waals surface area contributed by atoms with Crippen molar-refractivity contribution in [1.82, 2.24) is 19.5 Å². The normalized spacial score (nSPS) is 10.9. The molecular weight excluding hydrogens is 250 g/mol. The fraction of sp³-hybridized carbons (Fsp3) is 0.0833. The molecule has 0 aliphatic rings. The van der Waals surface area contributed by atoms with E-state index in [1.807, 2.05) is 28.8 Å². The Hall–Kier alpha value is -2.14. The van der Waals surface area contributed by atoms with Crippen LogP contribution < -0.4 is 5.73 Å². The molecule has 90 valence electrons. The van der Waals surface area contributed by atoms with Gasteiger partial charge in [-0.3, -0.25) is 0 Å². The Morgan fingerprint density at radius 1 is 1.11 bits per heavy atom. The van der Waals surface area contributed by atoms with Gasteiger partial charge < -0.3 is 10.3 Å². The highest BCUT2D eigenvalue weighted by atomic mass is 35.5. The molecule has 0 spiro atoms. The van der Waals surface area contributed by atoms with Gasteiger partial charge in [0.15, 0.2) is 11.5 Å². The van der Waals surface area contributed by atoms with Crippen LogP contribution in [-0.4, -0.2) is 19.5 Å². The van der Waals surface area contributed by atoms with Crippen molar-refractivity contribution in [2.75, 3.05) is 5.73 Å². The first-order valence-electron chi connectivity index (χ1n) is 5.40. The molecule has 0 amide bonds. The summed E-state index contributed by atoms with van der Waals surface area (Å²) in [6.07, 6.45) is 3.13.